The quantitative estimate of drug-likeness (QED) is 0.801. The highest BCUT2D eigenvalue weighted by molar-refractivity contribution is 6.34. The molecule has 0 radical (unpaired) electrons. The molecule has 4 nitrogen and oxygen atoms in total. The summed E-state index contributed by atoms with van der Waals surface area (Å²) < 4.78 is 16.7. The first-order valence-electron chi connectivity index (χ1n) is 8.10. The van der Waals surface area contributed by atoms with Crippen LogP contribution in [0.3, 0.4) is 0 Å². The predicted molar refractivity (Wildman–Crippen MR) is 98.0 cm³/mol. The second-order valence-electron chi connectivity index (χ2n) is 6.01. The fraction of sp³-hybridized carbons (Fsp3) is 0.368. The molecule has 1 saturated heterocycles. The van der Waals surface area contributed by atoms with E-state index < -0.39 is 6.10 Å². The van der Waals surface area contributed by atoms with Gasteiger partial charge in [0, 0.05) is 22.9 Å². The topological polar surface area (TPSA) is 47.9 Å². The minimum Gasteiger partial charge on any atom is -0.493 e. The summed E-state index contributed by atoms with van der Waals surface area (Å²) in [6, 6.07) is 10.7. The van der Waals surface area contributed by atoms with Crippen molar-refractivity contribution >= 4 is 23.2 Å². The first-order chi connectivity index (χ1) is 12.0. The number of aliphatic hydroxyl groups excluding tert-OH is 1. The molecule has 2 unspecified atom stereocenters. The van der Waals surface area contributed by atoms with Crippen LogP contribution in [0.25, 0.3) is 0 Å². The van der Waals surface area contributed by atoms with Gasteiger partial charge in [0.2, 0.25) is 0 Å². The number of ether oxygens (including phenoxy) is 3. The number of benzene rings is 2. The molecule has 3 rings (SSSR count). The van der Waals surface area contributed by atoms with Crippen molar-refractivity contribution in [2.45, 2.75) is 25.0 Å². The van der Waals surface area contributed by atoms with Crippen LogP contribution in [0.4, 0.5) is 0 Å². The van der Waals surface area contributed by atoms with Gasteiger partial charge in [-0.15, -0.1) is 0 Å². The molecule has 6 heteroatoms. The van der Waals surface area contributed by atoms with Gasteiger partial charge >= 0.3 is 0 Å². The molecule has 1 aliphatic rings. The summed E-state index contributed by atoms with van der Waals surface area (Å²) in [6.07, 6.45) is 0.547. The number of aliphatic hydroxyl groups is 1. The zero-order valence-corrected chi connectivity index (χ0v) is 15.4. The van der Waals surface area contributed by atoms with E-state index >= 15 is 0 Å². The van der Waals surface area contributed by atoms with Gasteiger partial charge in [-0.2, -0.15) is 0 Å². The molecule has 2 aromatic carbocycles. The fourth-order valence-corrected chi connectivity index (χ4v) is 3.42. The summed E-state index contributed by atoms with van der Waals surface area (Å²) in [5.74, 6) is 1.24. The second kappa shape index (κ2) is 8.28. The molecule has 0 amide bonds. The van der Waals surface area contributed by atoms with Crippen molar-refractivity contribution in [1.29, 1.82) is 0 Å². The Hall–Kier alpha value is -1.46. The maximum Gasteiger partial charge on any atom is 0.162 e. The Morgan fingerprint density at radius 3 is 2.56 bits per heavy atom. The number of rotatable bonds is 6. The van der Waals surface area contributed by atoms with Crippen LogP contribution in [0.1, 0.15) is 23.7 Å². The summed E-state index contributed by atoms with van der Waals surface area (Å²) in [5.41, 5.74) is 1.61. The van der Waals surface area contributed by atoms with Crippen molar-refractivity contribution in [2.75, 3.05) is 20.3 Å². The third kappa shape index (κ3) is 4.79. The van der Waals surface area contributed by atoms with E-state index in [-0.39, 0.29) is 6.10 Å². The highest BCUT2D eigenvalue weighted by Gasteiger charge is 2.20. The lowest BCUT2D eigenvalue weighted by atomic mass is 10.0. The molecule has 1 N–H and O–H groups in total. The van der Waals surface area contributed by atoms with E-state index in [2.05, 4.69) is 0 Å². The van der Waals surface area contributed by atoms with E-state index in [1.54, 1.807) is 31.4 Å². The van der Waals surface area contributed by atoms with Crippen LogP contribution in [0.2, 0.25) is 10.0 Å². The highest BCUT2D eigenvalue weighted by atomic mass is 35.5. The molecule has 134 valence electrons. The summed E-state index contributed by atoms with van der Waals surface area (Å²) in [4.78, 5) is 0. The Bertz CT molecular complexity index is 709. The largest absolute Gasteiger partial charge is 0.493 e. The van der Waals surface area contributed by atoms with Crippen LogP contribution in [0.15, 0.2) is 36.4 Å². The molecule has 0 saturated carbocycles. The summed E-state index contributed by atoms with van der Waals surface area (Å²) in [7, 11) is 1.59. The van der Waals surface area contributed by atoms with Gasteiger partial charge in [0.1, 0.15) is 6.10 Å². The zero-order chi connectivity index (χ0) is 17.8. The summed E-state index contributed by atoms with van der Waals surface area (Å²) in [6.45, 7) is 1.27. The molecular weight excluding hydrogens is 363 g/mol. The maximum absolute atomic E-state index is 10.6. The normalized spacial score (nSPS) is 18.2. The van der Waals surface area contributed by atoms with Crippen LogP contribution < -0.4 is 9.47 Å². The second-order valence-corrected chi connectivity index (χ2v) is 6.88. The van der Waals surface area contributed by atoms with Crippen LogP contribution in [0, 0.1) is 0 Å². The average Bonchev–Trinajstić information content (AvgIpc) is 3.06. The van der Waals surface area contributed by atoms with Crippen molar-refractivity contribution in [3.63, 3.8) is 0 Å². The first kappa shape index (κ1) is 18.3. The van der Waals surface area contributed by atoms with E-state index in [9.17, 15) is 5.11 Å². The fourth-order valence-electron chi connectivity index (χ4n) is 2.85. The van der Waals surface area contributed by atoms with Crippen LogP contribution >= 0.6 is 23.2 Å². The van der Waals surface area contributed by atoms with Gasteiger partial charge in [0.05, 0.1) is 26.4 Å². The molecule has 0 bridgehead atoms. The van der Waals surface area contributed by atoms with E-state index in [0.29, 0.717) is 41.2 Å². The van der Waals surface area contributed by atoms with Crippen molar-refractivity contribution in [2.24, 2.45) is 0 Å². The predicted octanol–water partition coefficient (Wildman–Crippen LogP) is 4.45. The SMILES string of the molecule is COc1ccc(C(O)Cc2cc(Cl)cc(Cl)c2)cc1OC1CCOC1. The minimum absolute atomic E-state index is 0.00743. The maximum atomic E-state index is 10.6. The van der Waals surface area contributed by atoms with Crippen molar-refractivity contribution in [3.05, 3.63) is 57.6 Å². The monoisotopic (exact) mass is 382 g/mol. The van der Waals surface area contributed by atoms with Gasteiger partial charge in [0.15, 0.2) is 11.5 Å². The van der Waals surface area contributed by atoms with E-state index in [1.807, 2.05) is 12.1 Å². The van der Waals surface area contributed by atoms with Crippen LogP contribution in [-0.2, 0) is 11.2 Å². The smallest absolute Gasteiger partial charge is 0.162 e. The molecule has 1 heterocycles. The zero-order valence-electron chi connectivity index (χ0n) is 13.9. The Balaban J connectivity index is 1.78. The Morgan fingerprint density at radius 2 is 1.92 bits per heavy atom. The molecular formula is C19H20Cl2O4. The lowest BCUT2D eigenvalue weighted by molar-refractivity contribution is 0.137. The van der Waals surface area contributed by atoms with Gasteiger partial charge in [-0.3, -0.25) is 0 Å². The van der Waals surface area contributed by atoms with Gasteiger partial charge in [-0.25, -0.2) is 0 Å². The molecule has 1 aliphatic heterocycles. The lowest BCUT2D eigenvalue weighted by Gasteiger charge is -2.18. The molecule has 0 aliphatic carbocycles. The van der Waals surface area contributed by atoms with Gasteiger partial charge in [-0.1, -0.05) is 29.3 Å². The summed E-state index contributed by atoms with van der Waals surface area (Å²) in [5, 5.41) is 11.7. The lowest BCUT2D eigenvalue weighted by Crippen LogP contribution is -2.16. The molecule has 2 aromatic rings. The first-order valence-corrected chi connectivity index (χ1v) is 8.86. The van der Waals surface area contributed by atoms with Gasteiger partial charge in [-0.05, 0) is 41.5 Å². The average molecular weight is 383 g/mol. The van der Waals surface area contributed by atoms with Crippen molar-refractivity contribution in [1.82, 2.24) is 0 Å². The van der Waals surface area contributed by atoms with Gasteiger partial charge in [0.25, 0.3) is 0 Å². The minimum atomic E-state index is -0.706. The Kier molecular flexibility index (Phi) is 6.07. The third-order valence-electron chi connectivity index (χ3n) is 4.11. The molecule has 2 atom stereocenters. The third-order valence-corrected chi connectivity index (χ3v) is 4.54. The number of hydrogen-bond donors (Lipinski definition) is 1. The van der Waals surface area contributed by atoms with Crippen LogP contribution in [-0.4, -0.2) is 31.5 Å². The van der Waals surface area contributed by atoms with Crippen molar-refractivity contribution < 1.29 is 19.3 Å². The van der Waals surface area contributed by atoms with E-state index in [4.69, 9.17) is 37.4 Å². The van der Waals surface area contributed by atoms with E-state index in [1.165, 1.54) is 0 Å². The Labute approximate surface area is 157 Å². The number of methoxy groups -OCH3 is 1. The van der Waals surface area contributed by atoms with Crippen LogP contribution in [0.5, 0.6) is 11.5 Å². The molecule has 25 heavy (non-hydrogen) atoms. The van der Waals surface area contributed by atoms with Gasteiger partial charge < -0.3 is 19.3 Å². The standard InChI is InChI=1S/C19H20Cl2O4/c1-23-18-3-2-13(9-19(18)25-16-4-5-24-11-16)17(22)8-12-6-14(20)10-15(21)7-12/h2-3,6-7,9-10,16-17,22H,4-5,8,11H2,1H3. The van der Waals surface area contributed by atoms with E-state index in [0.717, 1.165) is 17.5 Å². The van der Waals surface area contributed by atoms with Crippen molar-refractivity contribution in [3.8, 4) is 11.5 Å². The molecule has 0 aromatic heterocycles. The highest BCUT2D eigenvalue weighted by Crippen LogP contribution is 2.33. The molecule has 1 fully saturated rings. The Morgan fingerprint density at radius 1 is 1.16 bits per heavy atom. The summed E-state index contributed by atoms with van der Waals surface area (Å²) >= 11 is 12.1. The number of hydrogen-bond acceptors (Lipinski definition) is 4. The molecule has 0 spiro atoms. The number of halogens is 2.